The molecule has 2 heterocycles. The summed E-state index contributed by atoms with van der Waals surface area (Å²) < 4.78 is 16.4. The molecular formula is C17H19NO4. The maximum Gasteiger partial charge on any atom is 0.254 e. The molecule has 1 aromatic carbocycles. The number of carbonyl (C=O) groups is 1. The van der Waals surface area contributed by atoms with E-state index in [0.717, 1.165) is 11.5 Å². The molecule has 0 spiro atoms. The van der Waals surface area contributed by atoms with E-state index in [2.05, 4.69) is 0 Å². The number of furan rings is 1. The summed E-state index contributed by atoms with van der Waals surface area (Å²) >= 11 is 0. The summed E-state index contributed by atoms with van der Waals surface area (Å²) in [6, 6.07) is 10.8. The van der Waals surface area contributed by atoms with Gasteiger partial charge >= 0.3 is 0 Å². The maximum atomic E-state index is 12.8. The number of benzene rings is 1. The lowest BCUT2D eigenvalue weighted by Gasteiger charge is -2.34. The minimum absolute atomic E-state index is 0.0405. The van der Waals surface area contributed by atoms with E-state index in [-0.39, 0.29) is 11.9 Å². The lowest BCUT2D eigenvalue weighted by Crippen LogP contribution is -2.43. The molecule has 1 atom stereocenters. The van der Waals surface area contributed by atoms with Gasteiger partial charge in [-0.25, -0.2) is 0 Å². The zero-order chi connectivity index (χ0) is 15.5. The number of nitrogens with zero attached hydrogens (tertiary/aromatic N) is 1. The summed E-state index contributed by atoms with van der Waals surface area (Å²) in [5.41, 5.74) is 0.606. The quantitative estimate of drug-likeness (QED) is 0.875. The largest absolute Gasteiger partial charge is 0.497 e. The number of ether oxygens (including phenoxy) is 2. The Morgan fingerprint density at radius 2 is 2.18 bits per heavy atom. The van der Waals surface area contributed by atoms with E-state index in [0.29, 0.717) is 31.1 Å². The van der Waals surface area contributed by atoms with Crippen LogP contribution >= 0.6 is 0 Å². The molecule has 1 fully saturated rings. The minimum Gasteiger partial charge on any atom is -0.497 e. The van der Waals surface area contributed by atoms with E-state index >= 15 is 0 Å². The molecule has 0 bridgehead atoms. The fourth-order valence-corrected chi connectivity index (χ4v) is 2.64. The summed E-state index contributed by atoms with van der Waals surface area (Å²) in [6.45, 7) is 3.41. The first kappa shape index (κ1) is 14.7. The van der Waals surface area contributed by atoms with Crippen LogP contribution in [0.15, 0.2) is 40.8 Å². The molecule has 116 valence electrons. The molecule has 5 heteroatoms. The fourth-order valence-electron chi connectivity index (χ4n) is 2.64. The smallest absolute Gasteiger partial charge is 0.254 e. The van der Waals surface area contributed by atoms with Crippen LogP contribution in [0.2, 0.25) is 0 Å². The van der Waals surface area contributed by atoms with Crippen LogP contribution in [0.1, 0.15) is 27.9 Å². The van der Waals surface area contributed by atoms with Gasteiger partial charge in [-0.2, -0.15) is 0 Å². The Hall–Kier alpha value is -2.27. The van der Waals surface area contributed by atoms with Crippen molar-refractivity contribution in [2.75, 3.05) is 26.9 Å². The molecule has 0 radical (unpaired) electrons. The van der Waals surface area contributed by atoms with Gasteiger partial charge in [-0.05, 0) is 37.3 Å². The summed E-state index contributed by atoms with van der Waals surface area (Å²) in [4.78, 5) is 14.6. The number of morpholine rings is 1. The molecule has 1 aliphatic rings. The molecule has 0 aliphatic carbocycles. The second kappa shape index (κ2) is 6.23. The standard InChI is InChI=1S/C17H19NO4/c1-12-6-7-16(22-12)15-11-21-9-8-18(15)17(19)13-4-3-5-14(10-13)20-2/h3-7,10,15H,8-9,11H2,1-2H3. The first-order valence-corrected chi connectivity index (χ1v) is 7.28. The second-order valence-corrected chi connectivity index (χ2v) is 5.27. The molecule has 1 aliphatic heterocycles. The van der Waals surface area contributed by atoms with E-state index in [4.69, 9.17) is 13.9 Å². The van der Waals surface area contributed by atoms with Gasteiger partial charge in [-0.1, -0.05) is 6.07 Å². The number of rotatable bonds is 3. The van der Waals surface area contributed by atoms with Gasteiger partial charge < -0.3 is 18.8 Å². The monoisotopic (exact) mass is 301 g/mol. The average Bonchev–Trinajstić information content (AvgIpc) is 3.00. The van der Waals surface area contributed by atoms with Crippen LogP contribution in [-0.2, 0) is 4.74 Å². The number of hydrogen-bond acceptors (Lipinski definition) is 4. The third-order valence-electron chi connectivity index (χ3n) is 3.80. The molecule has 1 saturated heterocycles. The molecule has 22 heavy (non-hydrogen) atoms. The highest BCUT2D eigenvalue weighted by molar-refractivity contribution is 5.95. The Morgan fingerprint density at radius 3 is 2.91 bits per heavy atom. The number of carbonyl (C=O) groups excluding carboxylic acids is 1. The SMILES string of the molecule is COc1cccc(C(=O)N2CCOCC2c2ccc(C)o2)c1. The van der Waals surface area contributed by atoms with E-state index in [9.17, 15) is 4.79 Å². The predicted octanol–water partition coefficient (Wildman–Crippen LogP) is 2.81. The normalized spacial score (nSPS) is 18.3. The Labute approximate surface area is 129 Å². The third-order valence-corrected chi connectivity index (χ3v) is 3.80. The molecule has 1 aromatic heterocycles. The van der Waals surface area contributed by atoms with Crippen LogP contribution in [0, 0.1) is 6.92 Å². The first-order chi connectivity index (χ1) is 10.7. The topological polar surface area (TPSA) is 51.9 Å². The summed E-state index contributed by atoms with van der Waals surface area (Å²) in [5.74, 6) is 2.22. The Balaban J connectivity index is 1.88. The van der Waals surface area contributed by atoms with Crippen molar-refractivity contribution in [2.24, 2.45) is 0 Å². The van der Waals surface area contributed by atoms with Gasteiger partial charge in [0.15, 0.2) is 0 Å². The van der Waals surface area contributed by atoms with E-state index in [1.165, 1.54) is 0 Å². The van der Waals surface area contributed by atoms with Crippen LogP contribution in [0.5, 0.6) is 5.75 Å². The number of hydrogen-bond donors (Lipinski definition) is 0. The maximum absolute atomic E-state index is 12.8. The molecule has 1 unspecified atom stereocenters. The van der Waals surface area contributed by atoms with E-state index in [1.54, 1.807) is 24.1 Å². The van der Waals surface area contributed by atoms with Crippen LogP contribution in [-0.4, -0.2) is 37.7 Å². The van der Waals surface area contributed by atoms with Gasteiger partial charge in [0.05, 0.1) is 20.3 Å². The van der Waals surface area contributed by atoms with Crippen LogP contribution in [0.4, 0.5) is 0 Å². The van der Waals surface area contributed by atoms with Crippen LogP contribution in [0.25, 0.3) is 0 Å². The zero-order valence-electron chi connectivity index (χ0n) is 12.7. The Kier molecular flexibility index (Phi) is 4.15. The minimum atomic E-state index is -0.193. The highest BCUT2D eigenvalue weighted by Gasteiger charge is 2.31. The highest BCUT2D eigenvalue weighted by Crippen LogP contribution is 2.28. The lowest BCUT2D eigenvalue weighted by molar-refractivity contribution is -0.00896. The number of amides is 1. The Morgan fingerprint density at radius 1 is 1.32 bits per heavy atom. The molecule has 1 amide bonds. The van der Waals surface area contributed by atoms with Crippen molar-refractivity contribution >= 4 is 5.91 Å². The van der Waals surface area contributed by atoms with Crippen molar-refractivity contribution in [1.29, 1.82) is 0 Å². The van der Waals surface area contributed by atoms with Crippen molar-refractivity contribution in [3.63, 3.8) is 0 Å². The van der Waals surface area contributed by atoms with E-state index in [1.807, 2.05) is 31.2 Å². The molecule has 3 rings (SSSR count). The van der Waals surface area contributed by atoms with Crippen LogP contribution in [0.3, 0.4) is 0 Å². The molecule has 5 nitrogen and oxygen atoms in total. The van der Waals surface area contributed by atoms with Gasteiger partial charge in [0.25, 0.3) is 5.91 Å². The molecule has 0 saturated carbocycles. The Bertz CT molecular complexity index is 664. The molecule has 0 N–H and O–H groups in total. The van der Waals surface area contributed by atoms with Gasteiger partial charge in [0.1, 0.15) is 23.3 Å². The molecular weight excluding hydrogens is 282 g/mol. The lowest BCUT2D eigenvalue weighted by atomic mass is 10.1. The van der Waals surface area contributed by atoms with Crippen LogP contribution < -0.4 is 4.74 Å². The molecule has 2 aromatic rings. The van der Waals surface area contributed by atoms with Gasteiger partial charge in [-0.3, -0.25) is 4.79 Å². The summed E-state index contributed by atoms with van der Waals surface area (Å²) in [6.07, 6.45) is 0. The fraction of sp³-hybridized carbons (Fsp3) is 0.353. The van der Waals surface area contributed by atoms with Gasteiger partial charge in [0.2, 0.25) is 0 Å². The number of aryl methyl sites for hydroxylation is 1. The average molecular weight is 301 g/mol. The summed E-state index contributed by atoms with van der Waals surface area (Å²) in [5, 5.41) is 0. The van der Waals surface area contributed by atoms with E-state index < -0.39 is 0 Å². The number of methoxy groups -OCH3 is 1. The van der Waals surface area contributed by atoms with Crippen molar-refractivity contribution < 1.29 is 18.7 Å². The highest BCUT2D eigenvalue weighted by atomic mass is 16.5. The summed E-state index contributed by atoms with van der Waals surface area (Å²) in [7, 11) is 1.59. The first-order valence-electron chi connectivity index (χ1n) is 7.28. The predicted molar refractivity (Wildman–Crippen MR) is 81.0 cm³/mol. The van der Waals surface area contributed by atoms with Crippen molar-refractivity contribution in [3.05, 3.63) is 53.5 Å². The second-order valence-electron chi connectivity index (χ2n) is 5.27. The van der Waals surface area contributed by atoms with Gasteiger partial charge in [0, 0.05) is 12.1 Å². The van der Waals surface area contributed by atoms with Crippen molar-refractivity contribution in [2.45, 2.75) is 13.0 Å². The van der Waals surface area contributed by atoms with Crippen molar-refractivity contribution in [1.82, 2.24) is 4.90 Å². The zero-order valence-corrected chi connectivity index (χ0v) is 12.7. The third kappa shape index (κ3) is 2.85. The van der Waals surface area contributed by atoms with Gasteiger partial charge in [-0.15, -0.1) is 0 Å². The van der Waals surface area contributed by atoms with Crippen molar-refractivity contribution in [3.8, 4) is 5.75 Å².